The third-order valence-corrected chi connectivity index (χ3v) is 16.0. The van der Waals surface area contributed by atoms with E-state index in [1.54, 1.807) is 27.6 Å². The van der Waals surface area contributed by atoms with Crippen molar-refractivity contribution in [2.45, 2.75) is 119 Å². The van der Waals surface area contributed by atoms with Crippen LogP contribution < -0.4 is 15.4 Å². The van der Waals surface area contributed by atoms with Crippen molar-refractivity contribution in [1.82, 2.24) is 30.0 Å². The third kappa shape index (κ3) is 13.5. The topological polar surface area (TPSA) is 179 Å². The number of aryl methyl sites for hydroxylation is 5. The highest BCUT2D eigenvalue weighted by molar-refractivity contribution is 7.15. The minimum Gasteiger partial charge on any atom is -0.494 e. The van der Waals surface area contributed by atoms with E-state index in [0.717, 1.165) is 60.5 Å². The highest BCUT2D eigenvalue weighted by Gasteiger charge is 2.43. The molecule has 0 radical (unpaired) electrons. The van der Waals surface area contributed by atoms with Gasteiger partial charge in [-0.25, -0.2) is 4.98 Å². The molecule has 2 unspecified atom stereocenters. The van der Waals surface area contributed by atoms with E-state index < -0.39 is 23.5 Å². The van der Waals surface area contributed by atoms with Gasteiger partial charge in [-0.3, -0.25) is 28.7 Å². The Balaban J connectivity index is 0.723. The number of hydrogen-bond donors (Lipinski definition) is 2. The smallest absolute Gasteiger partial charge is 0.246 e. The quantitative estimate of drug-likeness (QED) is 0.0622. The van der Waals surface area contributed by atoms with Crippen LogP contribution in [0.1, 0.15) is 116 Å². The van der Waals surface area contributed by atoms with Gasteiger partial charge in [0.25, 0.3) is 0 Å². The molecule has 15 nitrogen and oxygen atoms in total. The van der Waals surface area contributed by atoms with Gasteiger partial charge in [0.15, 0.2) is 11.6 Å². The number of anilines is 1. The van der Waals surface area contributed by atoms with Crippen molar-refractivity contribution in [1.29, 1.82) is 0 Å². The van der Waals surface area contributed by atoms with Crippen molar-refractivity contribution in [2.75, 3.05) is 44.9 Å². The zero-order valence-corrected chi connectivity index (χ0v) is 46.3. The van der Waals surface area contributed by atoms with Crippen LogP contribution in [0.5, 0.6) is 5.75 Å². The van der Waals surface area contributed by atoms with Gasteiger partial charge in [0, 0.05) is 60.9 Å². The molecule has 0 spiro atoms. The molecule has 2 aliphatic heterocycles. The van der Waals surface area contributed by atoms with E-state index >= 15 is 0 Å². The molecule has 0 saturated carbocycles. The molecular weight excluding hydrogens is 985 g/mol. The predicted molar refractivity (Wildman–Crippen MR) is 295 cm³/mol. The first-order valence-electron chi connectivity index (χ1n) is 25.9. The maximum atomic E-state index is 14.1. The number of amides is 3. The first-order chi connectivity index (χ1) is 35.9. The monoisotopic (exact) mass is 1050 g/mol. The average molecular weight is 1060 g/mol. The van der Waals surface area contributed by atoms with Crippen LogP contribution in [0.3, 0.4) is 0 Å². The molecule has 1 fully saturated rings. The molecule has 6 aromatic rings. The van der Waals surface area contributed by atoms with Gasteiger partial charge in [0.1, 0.15) is 35.3 Å². The molecule has 3 aromatic carbocycles. The van der Waals surface area contributed by atoms with Gasteiger partial charge in [0.05, 0.1) is 40.9 Å². The highest BCUT2D eigenvalue weighted by atomic mass is 32.1. The van der Waals surface area contributed by atoms with Crippen LogP contribution in [0.25, 0.3) is 15.4 Å². The van der Waals surface area contributed by atoms with Gasteiger partial charge in [-0.15, -0.1) is 32.9 Å². The fourth-order valence-electron chi connectivity index (χ4n) is 9.59. The van der Waals surface area contributed by atoms with E-state index in [9.17, 15) is 19.2 Å². The van der Waals surface area contributed by atoms with Gasteiger partial charge in [0.2, 0.25) is 17.7 Å². The Hall–Kier alpha value is -6.40. The minimum absolute atomic E-state index is 0.0401. The van der Waals surface area contributed by atoms with E-state index in [2.05, 4.69) is 107 Å². The van der Waals surface area contributed by atoms with E-state index in [-0.39, 0.29) is 42.5 Å². The number of carbonyl (C=O) groups excluding carboxylic acids is 4. The van der Waals surface area contributed by atoms with Gasteiger partial charge < -0.3 is 29.7 Å². The van der Waals surface area contributed by atoms with Crippen LogP contribution in [0, 0.1) is 46.0 Å². The van der Waals surface area contributed by atoms with Crippen LogP contribution in [0.2, 0.25) is 0 Å². The summed E-state index contributed by atoms with van der Waals surface area (Å²) in [6.07, 6.45) is 2.85. The van der Waals surface area contributed by atoms with Gasteiger partial charge >= 0.3 is 0 Å². The second kappa shape index (κ2) is 24.5. The number of thiophene rings is 1. The van der Waals surface area contributed by atoms with Gasteiger partial charge in [-0.1, -0.05) is 81.8 Å². The number of carbonyl (C=O) groups is 4. The molecule has 5 heterocycles. The summed E-state index contributed by atoms with van der Waals surface area (Å²) in [5.41, 5.74) is 10.3. The summed E-state index contributed by atoms with van der Waals surface area (Å²) in [5, 5.41) is 15.9. The Morgan fingerprint density at radius 3 is 2.21 bits per heavy atom. The Labute approximate surface area is 448 Å². The molecule has 17 heteroatoms. The zero-order valence-electron chi connectivity index (χ0n) is 44.7. The third-order valence-electron chi connectivity index (χ3n) is 13.8. The molecule has 3 aromatic heterocycles. The fourth-order valence-corrected chi connectivity index (χ4v) is 11.6. The number of ketones is 1. The first-order valence-corrected chi connectivity index (χ1v) is 27.6. The number of likely N-dealkylation sites (tertiary alicyclic amines) is 1. The molecule has 75 heavy (non-hydrogen) atoms. The molecular formula is C58H70N8O7S2. The number of nitrogens with zero attached hydrogens (tertiary/aromatic N) is 6. The van der Waals surface area contributed by atoms with Gasteiger partial charge in [-0.05, 0) is 106 Å². The summed E-state index contributed by atoms with van der Waals surface area (Å²) in [4.78, 5) is 68.2. The SMILES string of the molecule is Cc1ccc(C2=NC(CC(=O)Nc3ccc(OCCCOCCCOCC(=O)N[C@H](C(=O)N4CC(C)C[C@H]4C(=O)CCc4ccc(-c5scnc5C)cc4)C(C)(C)C)cc3)c3nnc(C)n3-c3sc(C)c(C)c32)cc1. The maximum absolute atomic E-state index is 14.1. The maximum Gasteiger partial charge on any atom is 0.246 e. The predicted octanol–water partition coefficient (Wildman–Crippen LogP) is 10.1. The number of nitrogens with one attached hydrogen (secondary N) is 2. The second-order valence-corrected chi connectivity index (χ2v) is 23.0. The van der Waals surface area contributed by atoms with E-state index in [1.165, 1.54) is 4.88 Å². The number of fused-ring (bicyclic) bond motifs is 3. The largest absolute Gasteiger partial charge is 0.494 e. The van der Waals surface area contributed by atoms with E-state index in [4.69, 9.17) is 19.2 Å². The van der Waals surface area contributed by atoms with Crippen molar-refractivity contribution in [3.63, 3.8) is 0 Å². The molecule has 2 aliphatic rings. The van der Waals surface area contributed by atoms with Crippen molar-refractivity contribution >= 4 is 57.6 Å². The molecule has 1 saturated heterocycles. The number of ether oxygens (including phenoxy) is 3. The highest BCUT2D eigenvalue weighted by Crippen LogP contribution is 2.40. The summed E-state index contributed by atoms with van der Waals surface area (Å²) in [7, 11) is 0. The first kappa shape index (κ1) is 54.8. The number of aromatic nitrogens is 4. The normalized spacial score (nSPS) is 16.7. The average Bonchev–Trinajstić information content (AvgIpc) is 4.17. The van der Waals surface area contributed by atoms with Crippen LogP contribution >= 0.6 is 22.7 Å². The van der Waals surface area contributed by atoms with Crippen molar-refractivity contribution in [2.24, 2.45) is 16.3 Å². The Morgan fingerprint density at radius 1 is 0.827 bits per heavy atom. The molecule has 0 aliphatic carbocycles. The minimum atomic E-state index is -0.822. The summed E-state index contributed by atoms with van der Waals surface area (Å²) in [5.74, 6) is 1.45. The standard InChI is InChI=1S/C58H70N8O7S2/c1-35-12-17-42(18-13-35)52-51-37(3)39(5)75-57(51)66-40(6)63-64-55(66)46(61-52)31-49(68)60-44-21-23-45(24-22-44)73-29-11-27-71-26-10-28-72-33-50(69)62-54(58(7,8)9)56(70)65-32-36(2)30-47(65)48(67)25-16-41-14-19-43(20-15-41)53-38(4)59-34-74-53/h12-15,17-24,34,36,46-47,54H,10-11,16,25-33H2,1-9H3,(H,60,68)(H,62,69)/t36?,46?,47-,54+/m0/s1. The lowest BCUT2D eigenvalue weighted by atomic mass is 9.85. The Bertz CT molecular complexity index is 2990. The van der Waals surface area contributed by atoms with Crippen molar-refractivity contribution in [3.05, 3.63) is 128 Å². The summed E-state index contributed by atoms with van der Waals surface area (Å²) < 4.78 is 19.5. The Morgan fingerprint density at radius 2 is 1.52 bits per heavy atom. The number of thiazole rings is 1. The molecule has 0 bridgehead atoms. The van der Waals surface area contributed by atoms with Crippen LogP contribution in [0.4, 0.5) is 5.69 Å². The zero-order chi connectivity index (χ0) is 53.4. The molecule has 2 N–H and O–H groups in total. The summed E-state index contributed by atoms with van der Waals surface area (Å²) >= 11 is 3.30. The number of hydrogen-bond acceptors (Lipinski definition) is 13. The summed E-state index contributed by atoms with van der Waals surface area (Å²) in [6, 6.07) is 22.0. The fraction of sp³-hybridized carbons (Fsp3) is 0.448. The summed E-state index contributed by atoms with van der Waals surface area (Å²) in [6.45, 7) is 20.0. The number of rotatable bonds is 22. The van der Waals surface area contributed by atoms with Crippen molar-refractivity contribution in [3.8, 4) is 21.2 Å². The van der Waals surface area contributed by atoms with Crippen LogP contribution in [0.15, 0.2) is 83.3 Å². The lowest BCUT2D eigenvalue weighted by Gasteiger charge is -2.35. The number of Topliss-reactive ketones (excluding diaryl/α,β-unsaturated/α-hetero) is 1. The lowest BCUT2D eigenvalue weighted by molar-refractivity contribution is -0.144. The second-order valence-electron chi connectivity index (χ2n) is 20.9. The molecule has 396 valence electrons. The van der Waals surface area contributed by atoms with Crippen molar-refractivity contribution < 1.29 is 33.4 Å². The Kier molecular flexibility index (Phi) is 17.9. The molecule has 8 rings (SSSR count). The number of benzene rings is 3. The molecule has 4 atom stereocenters. The lowest BCUT2D eigenvalue weighted by Crippen LogP contribution is -2.57. The van der Waals surface area contributed by atoms with Crippen LogP contribution in [-0.2, 0) is 35.1 Å². The van der Waals surface area contributed by atoms with Crippen LogP contribution in [-0.4, -0.2) is 106 Å². The molecule has 3 amide bonds. The van der Waals surface area contributed by atoms with Gasteiger partial charge in [-0.2, -0.15) is 0 Å². The van der Waals surface area contributed by atoms with E-state index in [0.29, 0.717) is 82.3 Å². The van der Waals surface area contributed by atoms with E-state index in [1.807, 2.05) is 64.4 Å². The number of aliphatic imine (C=N–C) groups is 1.